The number of piperazine rings is 1. The van der Waals surface area contributed by atoms with Crippen molar-refractivity contribution >= 4 is 23.1 Å². The van der Waals surface area contributed by atoms with Gasteiger partial charge in [-0.05, 0) is 54.2 Å². The SMILES string of the molecule is Cc1ccc(C2C3=C(CC(C)(C)CC3=O)Nc3ccccc3N2CC(=O)N2CCN(Cc3ccc4c(c3)OCO4)CC2)cc1. The summed E-state index contributed by atoms with van der Waals surface area (Å²) in [6.45, 7) is 10.5. The average molecular weight is 593 g/mol. The molecule has 1 aliphatic carbocycles. The smallest absolute Gasteiger partial charge is 0.242 e. The van der Waals surface area contributed by atoms with Gasteiger partial charge in [-0.1, -0.05) is 61.9 Å². The summed E-state index contributed by atoms with van der Waals surface area (Å²) in [5.41, 5.74) is 6.84. The molecule has 1 atom stereocenters. The fraction of sp³-hybridized carbons (Fsp3) is 0.389. The molecular weight excluding hydrogens is 552 g/mol. The van der Waals surface area contributed by atoms with Crippen LogP contribution in [0.4, 0.5) is 11.4 Å². The summed E-state index contributed by atoms with van der Waals surface area (Å²) >= 11 is 0. The Kier molecular flexibility index (Phi) is 7.33. The molecule has 44 heavy (non-hydrogen) atoms. The summed E-state index contributed by atoms with van der Waals surface area (Å²) < 4.78 is 11.0. The first-order valence-corrected chi connectivity index (χ1v) is 15.6. The van der Waals surface area contributed by atoms with Gasteiger partial charge < -0.3 is 24.6 Å². The lowest BCUT2D eigenvalue weighted by Gasteiger charge is -2.40. The molecule has 1 unspecified atom stereocenters. The topological polar surface area (TPSA) is 74.4 Å². The maximum atomic E-state index is 14.1. The fourth-order valence-corrected chi connectivity index (χ4v) is 7.02. The largest absolute Gasteiger partial charge is 0.454 e. The molecule has 8 nitrogen and oxygen atoms in total. The predicted molar refractivity (Wildman–Crippen MR) is 171 cm³/mol. The zero-order valence-electron chi connectivity index (χ0n) is 25.8. The summed E-state index contributed by atoms with van der Waals surface area (Å²) in [5, 5.41) is 3.65. The quantitative estimate of drug-likeness (QED) is 0.408. The van der Waals surface area contributed by atoms with Gasteiger partial charge in [-0.25, -0.2) is 0 Å². The molecule has 0 saturated carbocycles. The second-order valence-electron chi connectivity index (χ2n) is 13.3. The van der Waals surface area contributed by atoms with Crippen LogP contribution in [0.5, 0.6) is 11.5 Å². The van der Waals surface area contributed by atoms with Crippen molar-refractivity contribution < 1.29 is 19.1 Å². The van der Waals surface area contributed by atoms with Crippen molar-refractivity contribution in [3.63, 3.8) is 0 Å². The monoisotopic (exact) mass is 592 g/mol. The number of hydrogen-bond donors (Lipinski definition) is 1. The molecule has 228 valence electrons. The van der Waals surface area contributed by atoms with Crippen LogP contribution in [0.15, 0.2) is 78.0 Å². The van der Waals surface area contributed by atoms with Crippen molar-refractivity contribution in [1.82, 2.24) is 9.80 Å². The van der Waals surface area contributed by atoms with Crippen LogP contribution in [0, 0.1) is 12.3 Å². The molecule has 0 bridgehead atoms. The molecule has 8 heteroatoms. The maximum Gasteiger partial charge on any atom is 0.242 e. The van der Waals surface area contributed by atoms with E-state index in [1.807, 2.05) is 29.2 Å². The van der Waals surface area contributed by atoms with E-state index < -0.39 is 0 Å². The highest BCUT2D eigenvalue weighted by molar-refractivity contribution is 6.02. The van der Waals surface area contributed by atoms with Crippen molar-refractivity contribution in [2.45, 2.75) is 46.2 Å². The molecular formula is C36H40N4O4. The van der Waals surface area contributed by atoms with Gasteiger partial charge in [-0.2, -0.15) is 0 Å². The van der Waals surface area contributed by atoms with Crippen molar-refractivity contribution in [2.24, 2.45) is 5.41 Å². The number of amides is 1. The molecule has 1 amide bonds. The summed E-state index contributed by atoms with van der Waals surface area (Å²) in [4.78, 5) is 34.5. The maximum absolute atomic E-state index is 14.1. The number of hydrogen-bond acceptors (Lipinski definition) is 7. The van der Waals surface area contributed by atoms with Gasteiger partial charge in [-0.3, -0.25) is 14.5 Å². The molecule has 4 aliphatic rings. The van der Waals surface area contributed by atoms with Crippen LogP contribution >= 0.6 is 0 Å². The normalized spacial score (nSPS) is 21.0. The summed E-state index contributed by atoms with van der Waals surface area (Å²) in [6, 6.07) is 22.3. The molecule has 1 N–H and O–H groups in total. The van der Waals surface area contributed by atoms with Crippen molar-refractivity contribution in [3.05, 3.63) is 94.7 Å². The van der Waals surface area contributed by atoms with Crippen LogP contribution in [-0.4, -0.2) is 61.0 Å². The van der Waals surface area contributed by atoms with Gasteiger partial charge in [0.1, 0.15) is 0 Å². The number of allylic oxidation sites excluding steroid dienone is 1. The number of carbonyl (C=O) groups excluding carboxylic acids is 2. The second-order valence-corrected chi connectivity index (χ2v) is 13.3. The Labute approximate surface area is 259 Å². The van der Waals surface area contributed by atoms with Gasteiger partial charge in [-0.15, -0.1) is 0 Å². The van der Waals surface area contributed by atoms with E-state index in [4.69, 9.17) is 9.47 Å². The Balaban J connectivity index is 1.15. The number of ketones is 1. The Hall–Kier alpha value is -4.30. The lowest BCUT2D eigenvalue weighted by Crippen LogP contribution is -2.51. The highest BCUT2D eigenvalue weighted by Crippen LogP contribution is 2.48. The van der Waals surface area contributed by atoms with Crippen LogP contribution in [-0.2, 0) is 16.1 Å². The summed E-state index contributed by atoms with van der Waals surface area (Å²) in [7, 11) is 0. The van der Waals surface area contributed by atoms with Crippen molar-refractivity contribution in [1.29, 1.82) is 0 Å². The number of Topliss-reactive ketones (excluding diaryl/α,β-unsaturated/α-hetero) is 1. The summed E-state index contributed by atoms with van der Waals surface area (Å²) in [5.74, 6) is 1.81. The van der Waals surface area contributed by atoms with Crippen LogP contribution in [0.3, 0.4) is 0 Å². The van der Waals surface area contributed by atoms with E-state index >= 15 is 0 Å². The molecule has 0 spiro atoms. The molecule has 0 radical (unpaired) electrons. The van der Waals surface area contributed by atoms with Crippen molar-refractivity contribution in [2.75, 3.05) is 49.7 Å². The Morgan fingerprint density at radius 2 is 1.68 bits per heavy atom. The zero-order valence-corrected chi connectivity index (χ0v) is 25.8. The van der Waals surface area contributed by atoms with Crippen molar-refractivity contribution in [3.8, 4) is 11.5 Å². The number of rotatable bonds is 5. The molecule has 7 rings (SSSR count). The number of carbonyl (C=O) groups is 2. The predicted octanol–water partition coefficient (Wildman–Crippen LogP) is 5.68. The molecule has 3 aromatic rings. The van der Waals surface area contributed by atoms with Gasteiger partial charge in [0.2, 0.25) is 12.7 Å². The van der Waals surface area contributed by atoms with Crippen LogP contribution in [0.2, 0.25) is 0 Å². The number of ether oxygens (including phenoxy) is 2. The molecule has 1 fully saturated rings. The van der Waals surface area contributed by atoms with E-state index in [9.17, 15) is 9.59 Å². The van der Waals surface area contributed by atoms with E-state index in [0.29, 0.717) is 19.5 Å². The average Bonchev–Trinajstić information content (AvgIpc) is 3.42. The molecule has 0 aromatic heterocycles. The minimum atomic E-state index is -0.360. The third-order valence-corrected chi connectivity index (χ3v) is 9.27. The third-order valence-electron chi connectivity index (χ3n) is 9.27. The van der Waals surface area contributed by atoms with E-state index in [-0.39, 0.29) is 36.5 Å². The Morgan fingerprint density at radius 1 is 0.932 bits per heavy atom. The Bertz CT molecular complexity index is 1620. The number of aryl methyl sites for hydroxylation is 1. The lowest BCUT2D eigenvalue weighted by atomic mass is 9.73. The van der Waals surface area contributed by atoms with Gasteiger partial charge in [0.15, 0.2) is 17.3 Å². The zero-order chi connectivity index (χ0) is 30.4. The minimum Gasteiger partial charge on any atom is -0.454 e. The number of fused-ring (bicyclic) bond motifs is 2. The standard InChI is InChI=1S/C36H40N4O4/c1-24-8-11-26(12-9-24)35-34-28(19-36(2,3)20-30(34)41)37-27-6-4-5-7-29(27)40(35)22-33(42)39-16-14-38(15-17-39)21-25-10-13-31-32(18-25)44-23-43-31/h4-13,18,35,37H,14-17,19-23H2,1-3H3. The van der Waals surface area contributed by atoms with Crippen LogP contribution in [0.25, 0.3) is 0 Å². The number of benzene rings is 3. The molecule has 3 aliphatic heterocycles. The van der Waals surface area contributed by atoms with E-state index in [0.717, 1.165) is 71.3 Å². The van der Waals surface area contributed by atoms with E-state index in [1.165, 1.54) is 5.56 Å². The highest BCUT2D eigenvalue weighted by atomic mass is 16.7. The second kappa shape index (κ2) is 11.3. The van der Waals surface area contributed by atoms with Gasteiger partial charge in [0.05, 0.1) is 24.0 Å². The van der Waals surface area contributed by atoms with Gasteiger partial charge in [0.25, 0.3) is 0 Å². The number of nitrogens with one attached hydrogen (secondary N) is 1. The highest BCUT2D eigenvalue weighted by Gasteiger charge is 2.42. The number of anilines is 2. The fourth-order valence-electron chi connectivity index (χ4n) is 7.02. The first kappa shape index (κ1) is 28.5. The Morgan fingerprint density at radius 3 is 2.48 bits per heavy atom. The summed E-state index contributed by atoms with van der Waals surface area (Å²) in [6.07, 6.45) is 1.26. The van der Waals surface area contributed by atoms with E-state index in [2.05, 4.69) is 78.4 Å². The lowest BCUT2D eigenvalue weighted by molar-refractivity contribution is -0.131. The minimum absolute atomic E-state index is 0.0762. The van der Waals surface area contributed by atoms with Gasteiger partial charge >= 0.3 is 0 Å². The molecule has 1 saturated heterocycles. The van der Waals surface area contributed by atoms with Gasteiger partial charge in [0, 0.05) is 50.4 Å². The molecule has 3 heterocycles. The van der Waals surface area contributed by atoms with Crippen LogP contribution < -0.4 is 19.7 Å². The van der Waals surface area contributed by atoms with E-state index in [1.54, 1.807) is 0 Å². The van der Waals surface area contributed by atoms with Crippen LogP contribution in [0.1, 0.15) is 49.4 Å². The number of para-hydroxylation sites is 2. The number of nitrogens with zero attached hydrogens (tertiary/aromatic N) is 3. The first-order chi connectivity index (χ1) is 21.2. The molecule has 3 aromatic carbocycles. The third kappa shape index (κ3) is 5.54. The first-order valence-electron chi connectivity index (χ1n) is 15.6.